The number of halogens is 1. The van der Waals surface area contributed by atoms with Crippen molar-refractivity contribution in [3.05, 3.63) is 29.3 Å². The number of unbranched alkanes of at least 4 members (excludes halogenated alkanes) is 1. The number of carbonyl (C=O) groups is 1. The molecule has 0 saturated heterocycles. The lowest BCUT2D eigenvalue weighted by molar-refractivity contribution is -0.137. The molecular weight excluding hydrogens is 264 g/mol. The van der Waals surface area contributed by atoms with Gasteiger partial charge in [0.05, 0.1) is 10.6 Å². The van der Waals surface area contributed by atoms with Crippen molar-refractivity contribution >= 4 is 27.4 Å². The maximum absolute atomic E-state index is 11.8. The summed E-state index contributed by atoms with van der Waals surface area (Å²) in [6.45, 7) is 0. The Morgan fingerprint density at radius 3 is 2.29 bits per heavy atom. The van der Waals surface area contributed by atoms with E-state index in [0.29, 0.717) is 17.9 Å². The highest BCUT2D eigenvalue weighted by molar-refractivity contribution is 7.91. The molecule has 0 bridgehead atoms. The van der Waals surface area contributed by atoms with Gasteiger partial charge in [0.15, 0.2) is 9.84 Å². The zero-order valence-electron chi connectivity index (χ0n) is 9.10. The van der Waals surface area contributed by atoms with E-state index >= 15 is 0 Å². The Balaban J connectivity index is 2.57. The Hall–Kier alpha value is -1.07. The Morgan fingerprint density at radius 1 is 1.18 bits per heavy atom. The normalized spacial score (nSPS) is 11.4. The molecule has 6 heteroatoms. The van der Waals surface area contributed by atoms with Crippen LogP contribution in [0.2, 0.25) is 5.02 Å². The Kier molecular flexibility index (Phi) is 4.96. The number of hydrogen-bond donors (Lipinski definition) is 1. The minimum absolute atomic E-state index is 0.00383. The third kappa shape index (κ3) is 4.75. The first kappa shape index (κ1) is 14.0. The molecule has 0 heterocycles. The molecule has 1 aromatic rings. The van der Waals surface area contributed by atoms with Crippen molar-refractivity contribution in [2.45, 2.75) is 24.2 Å². The smallest absolute Gasteiger partial charge is 0.303 e. The number of benzene rings is 1. The highest BCUT2D eigenvalue weighted by Gasteiger charge is 2.13. The van der Waals surface area contributed by atoms with Crippen molar-refractivity contribution in [1.82, 2.24) is 0 Å². The van der Waals surface area contributed by atoms with Gasteiger partial charge >= 0.3 is 5.97 Å². The molecule has 0 saturated carbocycles. The fourth-order valence-electron chi connectivity index (χ4n) is 1.33. The number of carboxylic acids is 1. The molecule has 0 amide bonds. The fourth-order valence-corrected chi connectivity index (χ4v) is 2.82. The third-order valence-corrected chi connectivity index (χ3v) is 4.29. The molecule has 0 fully saturated rings. The minimum Gasteiger partial charge on any atom is -0.481 e. The van der Waals surface area contributed by atoms with Gasteiger partial charge in [-0.25, -0.2) is 8.42 Å². The lowest BCUT2D eigenvalue weighted by atomic mass is 10.2. The standard InChI is InChI=1S/C11H13ClO4S/c12-9-4-6-10(7-5-9)17(15,16)8-2-1-3-11(13)14/h4-7H,1-3,8H2,(H,13,14). The number of hydrogen-bond acceptors (Lipinski definition) is 3. The molecule has 0 radical (unpaired) electrons. The molecule has 1 N–H and O–H groups in total. The van der Waals surface area contributed by atoms with Gasteiger partial charge in [0, 0.05) is 11.4 Å². The molecule has 1 aromatic carbocycles. The van der Waals surface area contributed by atoms with Crippen molar-refractivity contribution < 1.29 is 18.3 Å². The van der Waals surface area contributed by atoms with Gasteiger partial charge < -0.3 is 5.11 Å². The molecule has 0 spiro atoms. The molecule has 0 unspecified atom stereocenters. The summed E-state index contributed by atoms with van der Waals surface area (Å²) < 4.78 is 23.6. The summed E-state index contributed by atoms with van der Waals surface area (Å²) in [4.78, 5) is 10.5. The summed E-state index contributed by atoms with van der Waals surface area (Å²) in [5, 5.41) is 8.91. The predicted molar refractivity (Wildman–Crippen MR) is 65.0 cm³/mol. The molecule has 0 aliphatic heterocycles. The summed E-state index contributed by atoms with van der Waals surface area (Å²) in [7, 11) is -3.33. The third-order valence-electron chi connectivity index (χ3n) is 2.23. The molecule has 1 rings (SSSR count). The maximum Gasteiger partial charge on any atom is 0.303 e. The second kappa shape index (κ2) is 6.02. The van der Waals surface area contributed by atoms with E-state index < -0.39 is 15.8 Å². The topological polar surface area (TPSA) is 71.4 Å². The lowest BCUT2D eigenvalue weighted by Gasteiger charge is -2.03. The number of rotatable bonds is 6. The highest BCUT2D eigenvalue weighted by Crippen LogP contribution is 2.16. The molecular formula is C11H13ClO4S. The van der Waals surface area contributed by atoms with Crippen LogP contribution in [0, 0.1) is 0 Å². The SMILES string of the molecule is O=C(O)CCCCS(=O)(=O)c1ccc(Cl)cc1. The van der Waals surface area contributed by atoms with Crippen LogP contribution < -0.4 is 0 Å². The van der Waals surface area contributed by atoms with Crippen LogP contribution in [0.5, 0.6) is 0 Å². The first-order valence-corrected chi connectivity index (χ1v) is 7.15. The van der Waals surface area contributed by atoms with Crippen molar-refractivity contribution in [3.63, 3.8) is 0 Å². The van der Waals surface area contributed by atoms with E-state index in [2.05, 4.69) is 0 Å². The zero-order valence-corrected chi connectivity index (χ0v) is 10.7. The van der Waals surface area contributed by atoms with E-state index in [-0.39, 0.29) is 17.1 Å². The summed E-state index contributed by atoms with van der Waals surface area (Å²) >= 11 is 5.66. The Labute approximate surface area is 105 Å². The Morgan fingerprint density at radius 2 is 1.76 bits per heavy atom. The van der Waals surface area contributed by atoms with Crippen LogP contribution in [0.4, 0.5) is 0 Å². The minimum atomic E-state index is -3.33. The van der Waals surface area contributed by atoms with Crippen LogP contribution in [0.25, 0.3) is 0 Å². The Bertz CT molecular complexity index is 479. The summed E-state index contributed by atoms with van der Waals surface area (Å²) in [6.07, 6.45) is 0.704. The van der Waals surface area contributed by atoms with Gasteiger partial charge in [-0.15, -0.1) is 0 Å². The molecule has 0 aliphatic rings. The number of sulfone groups is 1. The molecule has 17 heavy (non-hydrogen) atoms. The first-order valence-electron chi connectivity index (χ1n) is 5.12. The first-order chi connectivity index (χ1) is 7.92. The molecule has 94 valence electrons. The van der Waals surface area contributed by atoms with Crippen LogP contribution >= 0.6 is 11.6 Å². The summed E-state index contributed by atoms with van der Waals surface area (Å²) in [6, 6.07) is 5.95. The van der Waals surface area contributed by atoms with Crippen LogP contribution in [0.1, 0.15) is 19.3 Å². The van der Waals surface area contributed by atoms with Crippen LogP contribution in [-0.4, -0.2) is 25.2 Å². The average molecular weight is 277 g/mol. The largest absolute Gasteiger partial charge is 0.481 e. The summed E-state index contributed by atoms with van der Waals surface area (Å²) in [5.74, 6) is -0.948. The van der Waals surface area contributed by atoms with E-state index in [4.69, 9.17) is 16.7 Å². The summed E-state index contributed by atoms with van der Waals surface area (Å²) in [5.41, 5.74) is 0. The van der Waals surface area contributed by atoms with E-state index in [1.807, 2.05) is 0 Å². The molecule has 0 aliphatic carbocycles. The average Bonchev–Trinajstić information content (AvgIpc) is 2.25. The van der Waals surface area contributed by atoms with E-state index in [9.17, 15) is 13.2 Å². The van der Waals surface area contributed by atoms with Gasteiger partial charge in [0.25, 0.3) is 0 Å². The van der Waals surface area contributed by atoms with Gasteiger partial charge in [-0.05, 0) is 37.1 Å². The number of carboxylic acid groups (broad SMARTS) is 1. The molecule has 4 nitrogen and oxygen atoms in total. The predicted octanol–water partition coefficient (Wildman–Crippen LogP) is 2.37. The van der Waals surface area contributed by atoms with Crippen molar-refractivity contribution in [2.24, 2.45) is 0 Å². The van der Waals surface area contributed by atoms with Gasteiger partial charge in [0.2, 0.25) is 0 Å². The van der Waals surface area contributed by atoms with Gasteiger partial charge in [-0.3, -0.25) is 4.79 Å². The van der Waals surface area contributed by atoms with E-state index in [0.717, 1.165) is 0 Å². The second-order valence-corrected chi connectivity index (χ2v) is 6.17. The van der Waals surface area contributed by atoms with Gasteiger partial charge in [-0.2, -0.15) is 0 Å². The fraction of sp³-hybridized carbons (Fsp3) is 0.364. The lowest BCUT2D eigenvalue weighted by Crippen LogP contribution is -2.07. The molecule has 0 atom stereocenters. The van der Waals surface area contributed by atoms with E-state index in [1.165, 1.54) is 24.3 Å². The van der Waals surface area contributed by atoms with Crippen LogP contribution in [0.15, 0.2) is 29.2 Å². The van der Waals surface area contributed by atoms with Gasteiger partial charge in [-0.1, -0.05) is 11.6 Å². The van der Waals surface area contributed by atoms with Gasteiger partial charge in [0.1, 0.15) is 0 Å². The van der Waals surface area contributed by atoms with Crippen molar-refractivity contribution in [3.8, 4) is 0 Å². The number of aliphatic carboxylic acids is 1. The van der Waals surface area contributed by atoms with Crippen LogP contribution in [-0.2, 0) is 14.6 Å². The van der Waals surface area contributed by atoms with Crippen LogP contribution in [0.3, 0.4) is 0 Å². The second-order valence-electron chi connectivity index (χ2n) is 3.62. The molecule has 0 aromatic heterocycles. The maximum atomic E-state index is 11.8. The van der Waals surface area contributed by atoms with Crippen molar-refractivity contribution in [1.29, 1.82) is 0 Å². The monoisotopic (exact) mass is 276 g/mol. The van der Waals surface area contributed by atoms with E-state index in [1.54, 1.807) is 0 Å². The quantitative estimate of drug-likeness (QED) is 0.810. The van der Waals surface area contributed by atoms with Crippen molar-refractivity contribution in [2.75, 3.05) is 5.75 Å². The zero-order chi connectivity index (χ0) is 12.9. The highest BCUT2D eigenvalue weighted by atomic mass is 35.5.